The van der Waals surface area contributed by atoms with Gasteiger partial charge in [-0.05, 0) is 31.2 Å². The summed E-state index contributed by atoms with van der Waals surface area (Å²) in [7, 11) is 0. The van der Waals surface area contributed by atoms with Gasteiger partial charge in [0.25, 0.3) is 5.91 Å². The first-order chi connectivity index (χ1) is 9.93. The fraction of sp³-hybridized carbons (Fsp3) is 0.357. The highest BCUT2D eigenvalue weighted by atomic mass is 35.5. The largest absolute Gasteiger partial charge is 0.481 e. The summed E-state index contributed by atoms with van der Waals surface area (Å²) < 4.78 is 0. The minimum atomic E-state index is -0.966. The number of carbonyl (C=O) groups is 3. The van der Waals surface area contributed by atoms with E-state index in [1.54, 1.807) is 31.2 Å². The number of likely N-dealkylation sites (N-methyl/N-ethyl adjacent to an activating group) is 1. The van der Waals surface area contributed by atoms with E-state index < -0.39 is 5.97 Å². The second kappa shape index (κ2) is 8.26. The quantitative estimate of drug-likeness (QED) is 0.796. The van der Waals surface area contributed by atoms with E-state index in [2.05, 4.69) is 5.32 Å². The number of hydrogen-bond donors (Lipinski definition) is 2. The normalized spacial score (nSPS) is 10.0. The number of carboxylic acids is 1. The van der Waals surface area contributed by atoms with Crippen molar-refractivity contribution >= 4 is 29.4 Å². The molecule has 114 valence electrons. The zero-order chi connectivity index (χ0) is 15.8. The Labute approximate surface area is 127 Å². The number of nitrogens with one attached hydrogen (secondary N) is 1. The van der Waals surface area contributed by atoms with Crippen LogP contribution in [0.4, 0.5) is 0 Å². The Kier molecular flexibility index (Phi) is 6.68. The van der Waals surface area contributed by atoms with Crippen molar-refractivity contribution in [1.82, 2.24) is 10.2 Å². The first-order valence-electron chi connectivity index (χ1n) is 6.47. The van der Waals surface area contributed by atoms with Crippen LogP contribution in [0.3, 0.4) is 0 Å². The Morgan fingerprint density at radius 3 is 2.38 bits per heavy atom. The molecule has 6 nitrogen and oxygen atoms in total. The minimum Gasteiger partial charge on any atom is -0.481 e. The maximum absolute atomic E-state index is 11.9. The molecule has 21 heavy (non-hydrogen) atoms. The molecule has 0 saturated heterocycles. The molecule has 1 aromatic carbocycles. The maximum Gasteiger partial charge on any atom is 0.305 e. The number of nitrogens with zero attached hydrogens (tertiary/aromatic N) is 1. The predicted molar refractivity (Wildman–Crippen MR) is 78.3 cm³/mol. The summed E-state index contributed by atoms with van der Waals surface area (Å²) in [4.78, 5) is 35.6. The monoisotopic (exact) mass is 312 g/mol. The van der Waals surface area contributed by atoms with E-state index in [9.17, 15) is 14.4 Å². The van der Waals surface area contributed by atoms with Gasteiger partial charge in [-0.1, -0.05) is 11.6 Å². The van der Waals surface area contributed by atoms with E-state index in [1.807, 2.05) is 0 Å². The molecule has 0 spiro atoms. The first kappa shape index (κ1) is 17.0. The van der Waals surface area contributed by atoms with Gasteiger partial charge in [0.2, 0.25) is 5.91 Å². The van der Waals surface area contributed by atoms with Crippen LogP contribution >= 0.6 is 11.6 Å². The maximum atomic E-state index is 11.9. The van der Waals surface area contributed by atoms with Crippen molar-refractivity contribution in [2.75, 3.05) is 19.6 Å². The summed E-state index contributed by atoms with van der Waals surface area (Å²) in [5.74, 6) is -1.66. The van der Waals surface area contributed by atoms with Crippen LogP contribution in [-0.2, 0) is 9.59 Å². The van der Waals surface area contributed by atoms with E-state index in [0.717, 1.165) is 0 Å². The zero-order valence-corrected chi connectivity index (χ0v) is 12.4. The third-order valence-electron chi connectivity index (χ3n) is 2.84. The highest BCUT2D eigenvalue weighted by Gasteiger charge is 2.14. The molecule has 0 atom stereocenters. The van der Waals surface area contributed by atoms with Gasteiger partial charge in [-0.3, -0.25) is 14.4 Å². The molecule has 0 aliphatic heterocycles. The number of halogens is 1. The lowest BCUT2D eigenvalue weighted by molar-refractivity contribution is -0.138. The molecular weight excluding hydrogens is 296 g/mol. The van der Waals surface area contributed by atoms with Gasteiger partial charge in [-0.2, -0.15) is 0 Å². The smallest absolute Gasteiger partial charge is 0.305 e. The van der Waals surface area contributed by atoms with Crippen molar-refractivity contribution in [2.45, 2.75) is 13.3 Å². The van der Waals surface area contributed by atoms with E-state index in [1.165, 1.54) is 4.90 Å². The van der Waals surface area contributed by atoms with Gasteiger partial charge in [0, 0.05) is 23.7 Å². The first-order valence-corrected chi connectivity index (χ1v) is 6.85. The van der Waals surface area contributed by atoms with Crippen molar-refractivity contribution in [3.05, 3.63) is 34.9 Å². The molecule has 1 aromatic rings. The molecule has 7 heteroatoms. The van der Waals surface area contributed by atoms with Crippen LogP contribution in [0.25, 0.3) is 0 Å². The van der Waals surface area contributed by atoms with Crippen LogP contribution in [0, 0.1) is 0 Å². The Morgan fingerprint density at radius 1 is 1.24 bits per heavy atom. The number of amides is 2. The fourth-order valence-corrected chi connectivity index (χ4v) is 1.79. The highest BCUT2D eigenvalue weighted by molar-refractivity contribution is 6.30. The number of aliphatic carboxylic acids is 1. The third-order valence-corrected chi connectivity index (χ3v) is 3.09. The van der Waals surface area contributed by atoms with Crippen molar-refractivity contribution in [1.29, 1.82) is 0 Å². The third kappa shape index (κ3) is 5.83. The molecule has 0 heterocycles. The lowest BCUT2D eigenvalue weighted by Crippen LogP contribution is -2.41. The van der Waals surface area contributed by atoms with Gasteiger partial charge in [-0.15, -0.1) is 0 Å². The van der Waals surface area contributed by atoms with Gasteiger partial charge in [-0.25, -0.2) is 0 Å². The summed E-state index contributed by atoms with van der Waals surface area (Å²) in [6, 6.07) is 6.29. The Balaban J connectivity index is 2.48. The summed E-state index contributed by atoms with van der Waals surface area (Å²) >= 11 is 5.72. The van der Waals surface area contributed by atoms with Crippen molar-refractivity contribution in [2.24, 2.45) is 0 Å². The molecule has 0 aromatic heterocycles. The van der Waals surface area contributed by atoms with Crippen molar-refractivity contribution in [3.8, 4) is 0 Å². The standard InChI is InChI=1S/C14H17ClN2O4/c1-2-17(8-7-13(19)20)12(18)9-16-14(21)10-3-5-11(15)6-4-10/h3-6H,2,7-9H2,1H3,(H,16,21)(H,19,20). The molecule has 0 saturated carbocycles. The van der Waals surface area contributed by atoms with Crippen LogP contribution < -0.4 is 5.32 Å². The average Bonchev–Trinajstić information content (AvgIpc) is 2.45. The number of carbonyl (C=O) groups excluding carboxylic acids is 2. The van der Waals surface area contributed by atoms with Gasteiger partial charge in [0.05, 0.1) is 13.0 Å². The number of carboxylic acid groups (broad SMARTS) is 1. The molecule has 0 aliphatic rings. The van der Waals surface area contributed by atoms with Crippen LogP contribution in [0.15, 0.2) is 24.3 Å². The summed E-state index contributed by atoms with van der Waals surface area (Å²) in [5, 5.41) is 11.6. The second-order valence-electron chi connectivity index (χ2n) is 4.31. The molecule has 2 N–H and O–H groups in total. The SMILES string of the molecule is CCN(CCC(=O)O)C(=O)CNC(=O)c1ccc(Cl)cc1. The molecule has 0 fully saturated rings. The summed E-state index contributed by atoms with van der Waals surface area (Å²) in [5.41, 5.74) is 0.404. The van der Waals surface area contributed by atoms with Gasteiger partial charge >= 0.3 is 5.97 Å². The lowest BCUT2D eigenvalue weighted by Gasteiger charge is -2.20. The van der Waals surface area contributed by atoms with Crippen molar-refractivity contribution in [3.63, 3.8) is 0 Å². The number of rotatable bonds is 7. The van der Waals surface area contributed by atoms with E-state index in [4.69, 9.17) is 16.7 Å². The molecule has 0 aliphatic carbocycles. The molecule has 1 rings (SSSR count). The Morgan fingerprint density at radius 2 is 1.86 bits per heavy atom. The molecule has 2 amide bonds. The van der Waals surface area contributed by atoms with E-state index in [0.29, 0.717) is 17.1 Å². The Hall–Kier alpha value is -2.08. The van der Waals surface area contributed by atoms with Crippen LogP contribution in [0.5, 0.6) is 0 Å². The van der Waals surface area contributed by atoms with E-state index in [-0.39, 0.29) is 31.3 Å². The Bertz CT molecular complexity index is 516. The molecule has 0 unspecified atom stereocenters. The predicted octanol–water partition coefficient (Wildman–Crippen LogP) is 1.39. The fourth-order valence-electron chi connectivity index (χ4n) is 1.66. The van der Waals surface area contributed by atoms with Crippen LogP contribution in [-0.4, -0.2) is 47.4 Å². The average molecular weight is 313 g/mol. The van der Waals surface area contributed by atoms with Crippen LogP contribution in [0.2, 0.25) is 5.02 Å². The zero-order valence-electron chi connectivity index (χ0n) is 11.6. The van der Waals surface area contributed by atoms with Gasteiger partial charge in [0.15, 0.2) is 0 Å². The summed E-state index contributed by atoms with van der Waals surface area (Å²) in [6.45, 7) is 2.10. The van der Waals surface area contributed by atoms with Gasteiger partial charge in [0.1, 0.15) is 0 Å². The summed E-state index contributed by atoms with van der Waals surface area (Å²) in [6.07, 6.45) is -0.120. The van der Waals surface area contributed by atoms with Gasteiger partial charge < -0.3 is 15.3 Å². The van der Waals surface area contributed by atoms with E-state index >= 15 is 0 Å². The number of benzene rings is 1. The van der Waals surface area contributed by atoms with Crippen molar-refractivity contribution < 1.29 is 19.5 Å². The highest BCUT2D eigenvalue weighted by Crippen LogP contribution is 2.09. The second-order valence-corrected chi connectivity index (χ2v) is 4.74. The van der Waals surface area contributed by atoms with Crippen LogP contribution in [0.1, 0.15) is 23.7 Å². The molecular formula is C14H17ClN2O4. The topological polar surface area (TPSA) is 86.7 Å². The number of hydrogen-bond acceptors (Lipinski definition) is 3. The molecule has 0 bridgehead atoms. The molecule has 0 radical (unpaired) electrons. The minimum absolute atomic E-state index is 0.120. The lowest BCUT2D eigenvalue weighted by atomic mass is 10.2.